The number of nitrogens with two attached hydrogens (primary N) is 1. The summed E-state index contributed by atoms with van der Waals surface area (Å²) in [7, 11) is 0. The van der Waals surface area contributed by atoms with Crippen LogP contribution < -0.4 is 10.6 Å². The Morgan fingerprint density at radius 2 is 1.91 bits per heavy atom. The zero-order chi connectivity index (χ0) is 16.4. The van der Waals surface area contributed by atoms with Crippen molar-refractivity contribution in [1.29, 1.82) is 0 Å². The van der Waals surface area contributed by atoms with Crippen LogP contribution in [0.2, 0.25) is 5.02 Å². The van der Waals surface area contributed by atoms with Crippen molar-refractivity contribution in [3.63, 3.8) is 0 Å². The summed E-state index contributed by atoms with van der Waals surface area (Å²) < 4.78 is 26.6. The normalized spacial score (nSPS) is 16.3. The molecule has 3 rings (SSSR count). The summed E-state index contributed by atoms with van der Waals surface area (Å²) in [5, 5.41) is 0.342. The molecule has 7 nitrogen and oxygen atoms in total. The maximum atomic E-state index is 12.8. The number of piperazine rings is 1. The van der Waals surface area contributed by atoms with Gasteiger partial charge in [0.1, 0.15) is 23.0 Å². The molecule has 3 heterocycles. The number of nitrogen functional groups attached to an aromatic ring is 1. The lowest BCUT2D eigenvalue weighted by molar-refractivity contribution is 0.0637. The molecule has 2 aromatic heterocycles. The quantitative estimate of drug-likeness (QED) is 0.909. The smallest absolute Gasteiger partial charge is 0.319 e. The second-order valence-corrected chi connectivity index (χ2v) is 5.57. The molecule has 0 spiro atoms. The number of hydrogen-bond donors (Lipinski definition) is 1. The minimum Gasteiger partial charge on any atom is -0.382 e. The third-order valence-electron chi connectivity index (χ3n) is 3.79. The highest BCUT2D eigenvalue weighted by Gasteiger charge is 2.22. The fourth-order valence-electron chi connectivity index (χ4n) is 2.56. The van der Waals surface area contributed by atoms with Gasteiger partial charge in [0.2, 0.25) is 0 Å². The molecular weight excluding hydrogens is 328 g/mol. The summed E-state index contributed by atoms with van der Waals surface area (Å²) in [5.41, 5.74) is 5.69. The van der Waals surface area contributed by atoms with E-state index in [2.05, 4.69) is 19.9 Å². The van der Waals surface area contributed by atoms with Gasteiger partial charge in [-0.2, -0.15) is 8.78 Å². The van der Waals surface area contributed by atoms with Crippen LogP contribution in [-0.2, 0) is 6.54 Å². The third kappa shape index (κ3) is 3.35. The molecule has 0 aliphatic carbocycles. The largest absolute Gasteiger partial charge is 0.382 e. The maximum Gasteiger partial charge on any atom is 0.319 e. The minimum absolute atomic E-state index is 0.248. The van der Waals surface area contributed by atoms with Gasteiger partial charge in [-0.3, -0.25) is 9.47 Å². The fraction of sp³-hybridized carbons (Fsp3) is 0.462. The molecule has 1 aliphatic rings. The molecule has 10 heteroatoms. The lowest BCUT2D eigenvalue weighted by Gasteiger charge is -2.35. The number of imidazole rings is 1. The SMILES string of the molecule is Nc1ncnc(N2CCN(Cc3nccn3C(F)F)CC2)c1Cl. The molecule has 0 aromatic carbocycles. The van der Waals surface area contributed by atoms with Crippen molar-refractivity contribution in [1.82, 2.24) is 24.4 Å². The Kier molecular flexibility index (Phi) is 4.58. The Morgan fingerprint density at radius 3 is 2.61 bits per heavy atom. The lowest BCUT2D eigenvalue weighted by Crippen LogP contribution is -2.46. The molecule has 2 aromatic rings. The van der Waals surface area contributed by atoms with E-state index < -0.39 is 6.55 Å². The third-order valence-corrected chi connectivity index (χ3v) is 4.16. The first kappa shape index (κ1) is 15.9. The Balaban J connectivity index is 1.62. The standard InChI is InChI=1S/C13H16ClF2N7/c14-10-11(17)19-8-20-12(10)22-5-3-21(4-6-22)7-9-18-1-2-23(9)13(15)16/h1-2,8,13H,3-7H2,(H2,17,19,20). The summed E-state index contributed by atoms with van der Waals surface area (Å²) in [5.74, 6) is 1.21. The predicted octanol–water partition coefficient (Wildman–Crippen LogP) is 1.63. The van der Waals surface area contributed by atoms with Crippen LogP contribution in [0.4, 0.5) is 20.4 Å². The average Bonchev–Trinajstić information content (AvgIpc) is 2.99. The number of rotatable bonds is 4. The van der Waals surface area contributed by atoms with E-state index in [0.717, 1.165) is 4.57 Å². The monoisotopic (exact) mass is 343 g/mol. The zero-order valence-corrected chi connectivity index (χ0v) is 13.0. The molecule has 0 unspecified atom stereocenters. The molecule has 0 amide bonds. The van der Waals surface area contributed by atoms with Crippen molar-refractivity contribution in [2.75, 3.05) is 36.8 Å². The number of hydrogen-bond acceptors (Lipinski definition) is 6. The van der Waals surface area contributed by atoms with Gasteiger partial charge < -0.3 is 10.6 Å². The summed E-state index contributed by atoms with van der Waals surface area (Å²) in [6.45, 7) is 0.533. The van der Waals surface area contributed by atoms with Gasteiger partial charge in [0.05, 0.1) is 6.54 Å². The molecule has 1 saturated heterocycles. The Morgan fingerprint density at radius 1 is 1.17 bits per heavy atom. The summed E-state index contributed by atoms with van der Waals surface area (Å²) in [4.78, 5) is 16.1. The summed E-state index contributed by atoms with van der Waals surface area (Å²) in [6, 6.07) is 0. The molecule has 0 atom stereocenters. The first-order valence-corrected chi connectivity index (χ1v) is 7.47. The van der Waals surface area contributed by atoms with Crippen molar-refractivity contribution in [3.05, 3.63) is 29.6 Å². The van der Waals surface area contributed by atoms with Gasteiger partial charge in [-0.05, 0) is 0 Å². The van der Waals surface area contributed by atoms with E-state index in [9.17, 15) is 8.78 Å². The molecular formula is C13H16ClF2N7. The van der Waals surface area contributed by atoms with Gasteiger partial charge >= 0.3 is 6.55 Å². The van der Waals surface area contributed by atoms with Crippen molar-refractivity contribution in [2.24, 2.45) is 0 Å². The van der Waals surface area contributed by atoms with E-state index in [1.54, 1.807) is 0 Å². The molecule has 1 fully saturated rings. The fourth-order valence-corrected chi connectivity index (χ4v) is 2.77. The van der Waals surface area contributed by atoms with Gasteiger partial charge in [0.15, 0.2) is 5.82 Å². The number of alkyl halides is 2. The van der Waals surface area contributed by atoms with E-state index in [1.165, 1.54) is 18.7 Å². The van der Waals surface area contributed by atoms with Gasteiger partial charge in [0.25, 0.3) is 0 Å². The van der Waals surface area contributed by atoms with Crippen molar-refractivity contribution >= 4 is 23.2 Å². The first-order valence-electron chi connectivity index (χ1n) is 7.09. The van der Waals surface area contributed by atoms with Crippen LogP contribution in [0.1, 0.15) is 12.4 Å². The van der Waals surface area contributed by atoms with Crippen LogP contribution in [0, 0.1) is 0 Å². The van der Waals surface area contributed by atoms with Crippen LogP contribution in [-0.4, -0.2) is 50.6 Å². The Labute approximate surface area is 136 Å². The topological polar surface area (TPSA) is 76.1 Å². The number of anilines is 2. The highest BCUT2D eigenvalue weighted by molar-refractivity contribution is 6.35. The van der Waals surface area contributed by atoms with E-state index in [1.807, 2.05) is 4.90 Å². The van der Waals surface area contributed by atoms with Gasteiger partial charge in [-0.25, -0.2) is 15.0 Å². The molecule has 0 radical (unpaired) electrons. The number of aromatic nitrogens is 4. The maximum absolute atomic E-state index is 12.8. The highest BCUT2D eigenvalue weighted by Crippen LogP contribution is 2.27. The average molecular weight is 344 g/mol. The van der Waals surface area contributed by atoms with E-state index in [4.69, 9.17) is 17.3 Å². The predicted molar refractivity (Wildman–Crippen MR) is 82.4 cm³/mol. The van der Waals surface area contributed by atoms with Crippen LogP contribution in [0.15, 0.2) is 18.7 Å². The van der Waals surface area contributed by atoms with E-state index in [0.29, 0.717) is 49.4 Å². The number of nitrogens with zero attached hydrogens (tertiary/aromatic N) is 6. The van der Waals surface area contributed by atoms with Crippen LogP contribution in [0.3, 0.4) is 0 Å². The minimum atomic E-state index is -2.57. The first-order chi connectivity index (χ1) is 11.1. The van der Waals surface area contributed by atoms with Gasteiger partial charge in [0, 0.05) is 38.6 Å². The zero-order valence-electron chi connectivity index (χ0n) is 12.2. The van der Waals surface area contributed by atoms with Crippen molar-refractivity contribution in [2.45, 2.75) is 13.1 Å². The van der Waals surface area contributed by atoms with E-state index in [-0.39, 0.29) is 5.82 Å². The molecule has 0 saturated carbocycles. The van der Waals surface area contributed by atoms with Crippen molar-refractivity contribution < 1.29 is 8.78 Å². The second kappa shape index (κ2) is 6.63. The Hall–Kier alpha value is -2.00. The van der Waals surface area contributed by atoms with E-state index >= 15 is 0 Å². The van der Waals surface area contributed by atoms with Gasteiger partial charge in [-0.15, -0.1) is 0 Å². The molecule has 124 valence electrons. The van der Waals surface area contributed by atoms with Gasteiger partial charge in [-0.1, -0.05) is 11.6 Å². The van der Waals surface area contributed by atoms with Crippen LogP contribution >= 0.6 is 11.6 Å². The molecule has 23 heavy (non-hydrogen) atoms. The molecule has 1 aliphatic heterocycles. The summed E-state index contributed by atoms with van der Waals surface area (Å²) >= 11 is 6.13. The van der Waals surface area contributed by atoms with Crippen LogP contribution in [0.25, 0.3) is 0 Å². The van der Waals surface area contributed by atoms with Crippen molar-refractivity contribution in [3.8, 4) is 0 Å². The molecule has 2 N–H and O–H groups in total. The number of halogens is 3. The Bertz CT molecular complexity index is 670. The molecule has 0 bridgehead atoms. The van der Waals surface area contributed by atoms with Crippen LogP contribution in [0.5, 0.6) is 0 Å². The lowest BCUT2D eigenvalue weighted by atomic mass is 10.3. The summed E-state index contributed by atoms with van der Waals surface area (Å²) in [6.07, 6.45) is 4.06. The second-order valence-electron chi connectivity index (χ2n) is 5.19. The highest BCUT2D eigenvalue weighted by atomic mass is 35.5.